The van der Waals surface area contributed by atoms with Crippen LogP contribution in [-0.4, -0.2) is 37.8 Å². The van der Waals surface area contributed by atoms with Crippen LogP contribution in [0.2, 0.25) is 0 Å². The quantitative estimate of drug-likeness (QED) is 0.789. The fraction of sp³-hybridized carbons (Fsp3) is 0.471. The number of nitrogens with one attached hydrogen (secondary N) is 1. The maximum absolute atomic E-state index is 4.70. The molecule has 6 nitrogen and oxygen atoms in total. The number of aryl methyl sites for hydroxylation is 2. The Morgan fingerprint density at radius 3 is 3.00 bits per heavy atom. The zero-order valence-corrected chi connectivity index (χ0v) is 15.1. The van der Waals surface area contributed by atoms with E-state index in [1.165, 1.54) is 12.1 Å². The molecule has 0 saturated carbocycles. The first-order chi connectivity index (χ1) is 11.7. The minimum absolute atomic E-state index is 0.349. The van der Waals surface area contributed by atoms with Crippen LogP contribution >= 0.6 is 11.3 Å². The monoisotopic (exact) mass is 342 g/mol. The summed E-state index contributed by atoms with van der Waals surface area (Å²) in [6, 6.07) is 2.43. The van der Waals surface area contributed by atoms with Gasteiger partial charge in [0.05, 0.1) is 23.1 Å². The van der Waals surface area contributed by atoms with Gasteiger partial charge in [-0.25, -0.2) is 15.0 Å². The number of nitrogens with zero attached hydrogens (tertiary/aromatic N) is 5. The van der Waals surface area contributed by atoms with E-state index in [4.69, 9.17) is 4.98 Å². The van der Waals surface area contributed by atoms with Gasteiger partial charge in [0.25, 0.3) is 0 Å². The number of likely N-dealkylation sites (tertiary alicyclic amines) is 1. The molecule has 1 atom stereocenters. The second-order valence-corrected chi connectivity index (χ2v) is 7.18. The van der Waals surface area contributed by atoms with Gasteiger partial charge in [-0.05, 0) is 33.2 Å². The number of aromatic nitrogens is 4. The number of fused-ring (bicyclic) bond motifs is 1. The predicted molar refractivity (Wildman–Crippen MR) is 96.5 cm³/mol. The highest BCUT2D eigenvalue weighted by molar-refractivity contribution is 7.15. The van der Waals surface area contributed by atoms with Gasteiger partial charge in [0, 0.05) is 31.2 Å². The van der Waals surface area contributed by atoms with E-state index in [9.17, 15) is 0 Å². The highest BCUT2D eigenvalue weighted by Gasteiger charge is 2.29. The van der Waals surface area contributed by atoms with Crippen LogP contribution in [0.1, 0.15) is 41.8 Å². The van der Waals surface area contributed by atoms with Crippen molar-refractivity contribution in [2.75, 3.05) is 18.9 Å². The Kier molecular flexibility index (Phi) is 3.97. The zero-order chi connectivity index (χ0) is 16.7. The number of hydrogen-bond donors (Lipinski definition) is 1. The Morgan fingerprint density at radius 1 is 1.29 bits per heavy atom. The first-order valence-corrected chi connectivity index (χ1v) is 9.22. The van der Waals surface area contributed by atoms with Crippen LogP contribution in [0.5, 0.6) is 0 Å². The Hall–Kier alpha value is -1.99. The number of hydrogen-bond acceptors (Lipinski definition) is 6. The van der Waals surface area contributed by atoms with E-state index >= 15 is 0 Å². The Balaban J connectivity index is 1.64. The van der Waals surface area contributed by atoms with E-state index in [-0.39, 0.29) is 0 Å². The fourth-order valence-corrected chi connectivity index (χ4v) is 4.34. The van der Waals surface area contributed by atoms with Crippen molar-refractivity contribution in [2.45, 2.75) is 39.3 Å². The van der Waals surface area contributed by atoms with Gasteiger partial charge in [-0.2, -0.15) is 0 Å². The zero-order valence-electron chi connectivity index (χ0n) is 14.3. The third-order valence-electron chi connectivity index (χ3n) is 4.73. The van der Waals surface area contributed by atoms with Gasteiger partial charge in [-0.1, -0.05) is 0 Å². The molecule has 1 N–H and O–H groups in total. The van der Waals surface area contributed by atoms with E-state index in [1.807, 2.05) is 14.0 Å². The molecule has 1 saturated heterocycles. The molecule has 0 aliphatic carbocycles. The predicted octanol–water partition coefficient (Wildman–Crippen LogP) is 3.18. The van der Waals surface area contributed by atoms with E-state index in [2.05, 4.69) is 49.2 Å². The SMILES string of the molecule is CNc1cc([C@@H]2CCCN2Cc2c(C)nc3sccn23)nc(C)n1. The first-order valence-electron chi connectivity index (χ1n) is 8.34. The smallest absolute Gasteiger partial charge is 0.194 e. The van der Waals surface area contributed by atoms with E-state index in [1.54, 1.807) is 11.3 Å². The van der Waals surface area contributed by atoms with Gasteiger partial charge in [-0.3, -0.25) is 9.30 Å². The molecule has 4 heterocycles. The Labute approximate surface area is 145 Å². The molecule has 24 heavy (non-hydrogen) atoms. The van der Waals surface area contributed by atoms with Crippen molar-refractivity contribution in [3.8, 4) is 0 Å². The molecule has 4 rings (SSSR count). The molecule has 0 radical (unpaired) electrons. The van der Waals surface area contributed by atoms with Crippen molar-refractivity contribution in [1.82, 2.24) is 24.3 Å². The molecule has 3 aromatic rings. The fourth-order valence-electron chi connectivity index (χ4n) is 3.56. The van der Waals surface area contributed by atoms with E-state index in [0.717, 1.165) is 47.5 Å². The molecule has 1 fully saturated rings. The first kappa shape index (κ1) is 15.5. The number of anilines is 1. The van der Waals surface area contributed by atoms with Gasteiger partial charge in [0.15, 0.2) is 4.96 Å². The molecular weight excluding hydrogens is 320 g/mol. The molecule has 0 amide bonds. The van der Waals surface area contributed by atoms with Gasteiger partial charge in [-0.15, -0.1) is 11.3 Å². The lowest BCUT2D eigenvalue weighted by atomic mass is 10.1. The average molecular weight is 342 g/mol. The van der Waals surface area contributed by atoms with Crippen LogP contribution in [0, 0.1) is 13.8 Å². The molecule has 0 bridgehead atoms. The lowest BCUT2D eigenvalue weighted by Crippen LogP contribution is -2.25. The summed E-state index contributed by atoms with van der Waals surface area (Å²) in [6.07, 6.45) is 4.46. The third kappa shape index (κ3) is 2.67. The van der Waals surface area contributed by atoms with E-state index in [0.29, 0.717) is 6.04 Å². The molecule has 126 valence electrons. The van der Waals surface area contributed by atoms with Gasteiger partial charge in [0.1, 0.15) is 11.6 Å². The summed E-state index contributed by atoms with van der Waals surface area (Å²) in [5.74, 6) is 1.72. The molecule has 7 heteroatoms. The summed E-state index contributed by atoms with van der Waals surface area (Å²) < 4.78 is 2.22. The van der Waals surface area contributed by atoms with Crippen molar-refractivity contribution < 1.29 is 0 Å². The minimum atomic E-state index is 0.349. The van der Waals surface area contributed by atoms with Crippen molar-refractivity contribution in [3.63, 3.8) is 0 Å². The second kappa shape index (κ2) is 6.14. The number of imidazole rings is 1. The minimum Gasteiger partial charge on any atom is -0.373 e. The summed E-state index contributed by atoms with van der Waals surface area (Å²) in [4.78, 5) is 17.4. The molecule has 0 unspecified atom stereocenters. The maximum Gasteiger partial charge on any atom is 0.194 e. The highest BCUT2D eigenvalue weighted by atomic mass is 32.1. The van der Waals surface area contributed by atoms with Crippen LogP contribution < -0.4 is 5.32 Å². The molecular formula is C17H22N6S. The lowest BCUT2D eigenvalue weighted by molar-refractivity contribution is 0.240. The van der Waals surface area contributed by atoms with Gasteiger partial charge in [0.2, 0.25) is 0 Å². The average Bonchev–Trinajstić information content (AvgIpc) is 3.25. The van der Waals surface area contributed by atoms with Crippen LogP contribution in [-0.2, 0) is 6.54 Å². The summed E-state index contributed by atoms with van der Waals surface area (Å²) in [5.41, 5.74) is 3.54. The Bertz CT molecular complexity index is 867. The molecule has 3 aromatic heterocycles. The molecule has 1 aliphatic rings. The highest BCUT2D eigenvalue weighted by Crippen LogP contribution is 2.33. The van der Waals surface area contributed by atoms with Gasteiger partial charge < -0.3 is 5.32 Å². The van der Waals surface area contributed by atoms with E-state index < -0.39 is 0 Å². The summed E-state index contributed by atoms with van der Waals surface area (Å²) in [5, 5.41) is 5.24. The molecule has 0 spiro atoms. The van der Waals surface area contributed by atoms with Crippen LogP contribution in [0.4, 0.5) is 5.82 Å². The molecule has 0 aromatic carbocycles. The third-order valence-corrected chi connectivity index (χ3v) is 5.49. The number of thiazole rings is 1. The lowest BCUT2D eigenvalue weighted by Gasteiger charge is -2.24. The van der Waals surface area contributed by atoms with Gasteiger partial charge >= 0.3 is 0 Å². The topological polar surface area (TPSA) is 58.4 Å². The maximum atomic E-state index is 4.70. The van der Waals surface area contributed by atoms with Crippen molar-refractivity contribution in [3.05, 3.63) is 40.5 Å². The summed E-state index contributed by atoms with van der Waals surface area (Å²) in [7, 11) is 1.90. The number of rotatable bonds is 4. The largest absolute Gasteiger partial charge is 0.373 e. The van der Waals surface area contributed by atoms with Crippen LogP contribution in [0.15, 0.2) is 17.6 Å². The van der Waals surface area contributed by atoms with Crippen LogP contribution in [0.25, 0.3) is 4.96 Å². The van der Waals surface area contributed by atoms with Crippen molar-refractivity contribution in [2.24, 2.45) is 0 Å². The normalized spacial score (nSPS) is 18.5. The van der Waals surface area contributed by atoms with Crippen LogP contribution in [0.3, 0.4) is 0 Å². The summed E-state index contributed by atoms with van der Waals surface area (Å²) in [6.45, 7) is 6.07. The standard InChI is InChI=1S/C17H22N6S/c1-11-15(23-7-8-24-17(23)19-11)10-22-6-4-5-14(22)13-9-16(18-3)21-12(2)20-13/h7-9,14H,4-6,10H2,1-3H3,(H,18,20,21)/t14-/m0/s1. The molecule has 1 aliphatic heterocycles. The van der Waals surface area contributed by atoms with Crippen molar-refractivity contribution in [1.29, 1.82) is 0 Å². The second-order valence-electron chi connectivity index (χ2n) is 6.30. The Morgan fingerprint density at radius 2 is 2.17 bits per heavy atom. The summed E-state index contributed by atoms with van der Waals surface area (Å²) >= 11 is 1.69. The van der Waals surface area contributed by atoms with Crippen molar-refractivity contribution >= 4 is 22.1 Å².